The highest BCUT2D eigenvalue weighted by Crippen LogP contribution is 2.47. The molecule has 0 fully saturated rings. The van der Waals surface area contributed by atoms with Crippen LogP contribution < -0.4 is 4.74 Å². The molecule has 1 aliphatic heterocycles. The molecule has 5 rings (SSSR count). The standard InChI is InChI=1S/C24H15ClO/c25-18-12-9-16(10-13-18)17-11-14-19-20-5-1-3-7-23(20)26-24-8-4-2-6-21(24)22(19)15-17/h1-15H. The second-order valence-corrected chi connectivity index (χ2v) is 6.80. The average molecular weight is 355 g/mol. The van der Waals surface area contributed by atoms with Crippen molar-refractivity contribution in [1.29, 1.82) is 0 Å². The Balaban J connectivity index is 1.78. The van der Waals surface area contributed by atoms with Crippen molar-refractivity contribution in [2.24, 2.45) is 0 Å². The van der Waals surface area contributed by atoms with Gasteiger partial charge in [-0.25, -0.2) is 0 Å². The smallest absolute Gasteiger partial charge is 0.135 e. The molecule has 0 radical (unpaired) electrons. The second kappa shape index (κ2) is 6.05. The summed E-state index contributed by atoms with van der Waals surface area (Å²) < 4.78 is 6.23. The van der Waals surface area contributed by atoms with Crippen LogP contribution in [0.15, 0.2) is 91.0 Å². The van der Waals surface area contributed by atoms with E-state index < -0.39 is 0 Å². The van der Waals surface area contributed by atoms with Crippen molar-refractivity contribution in [2.45, 2.75) is 0 Å². The zero-order valence-electron chi connectivity index (χ0n) is 13.9. The minimum absolute atomic E-state index is 0.746. The van der Waals surface area contributed by atoms with Crippen molar-refractivity contribution in [2.75, 3.05) is 0 Å². The molecule has 124 valence electrons. The van der Waals surface area contributed by atoms with Gasteiger partial charge < -0.3 is 4.74 Å². The molecule has 0 saturated heterocycles. The lowest BCUT2D eigenvalue weighted by Gasteiger charge is -2.11. The third-order valence-corrected chi connectivity index (χ3v) is 5.02. The Hall–Kier alpha value is -3.03. The molecule has 26 heavy (non-hydrogen) atoms. The fourth-order valence-electron chi connectivity index (χ4n) is 3.50. The van der Waals surface area contributed by atoms with Crippen molar-refractivity contribution in [3.05, 3.63) is 96.0 Å². The monoisotopic (exact) mass is 354 g/mol. The first kappa shape index (κ1) is 15.2. The molecule has 2 heteroatoms. The lowest BCUT2D eigenvalue weighted by atomic mass is 9.91. The minimum atomic E-state index is 0.746. The van der Waals surface area contributed by atoms with Gasteiger partial charge in [0.05, 0.1) is 0 Å². The molecule has 0 aromatic heterocycles. The molecule has 0 N–H and O–H groups in total. The van der Waals surface area contributed by atoms with Gasteiger partial charge in [-0.15, -0.1) is 0 Å². The van der Waals surface area contributed by atoms with E-state index >= 15 is 0 Å². The molecule has 0 spiro atoms. The van der Waals surface area contributed by atoms with Gasteiger partial charge in [0.2, 0.25) is 0 Å². The molecule has 4 aromatic carbocycles. The summed E-state index contributed by atoms with van der Waals surface area (Å²) in [6.07, 6.45) is 0. The zero-order chi connectivity index (χ0) is 17.5. The molecule has 0 aliphatic carbocycles. The molecular weight excluding hydrogens is 340 g/mol. The van der Waals surface area contributed by atoms with Crippen LogP contribution in [0.1, 0.15) is 0 Å². The summed E-state index contributed by atoms with van der Waals surface area (Å²) in [6, 6.07) is 30.9. The van der Waals surface area contributed by atoms with Gasteiger partial charge in [0, 0.05) is 16.1 Å². The molecule has 1 aliphatic rings. The Kier molecular flexibility index (Phi) is 3.55. The third-order valence-electron chi connectivity index (χ3n) is 4.77. The van der Waals surface area contributed by atoms with E-state index in [2.05, 4.69) is 54.6 Å². The largest absolute Gasteiger partial charge is 0.456 e. The second-order valence-electron chi connectivity index (χ2n) is 6.36. The van der Waals surface area contributed by atoms with Gasteiger partial charge in [-0.05, 0) is 52.6 Å². The first-order valence-electron chi connectivity index (χ1n) is 8.56. The fraction of sp³-hybridized carbons (Fsp3) is 0. The van der Waals surface area contributed by atoms with Crippen LogP contribution in [-0.2, 0) is 0 Å². The van der Waals surface area contributed by atoms with Crippen molar-refractivity contribution in [3.8, 4) is 44.9 Å². The van der Waals surface area contributed by atoms with E-state index in [1.807, 2.05) is 36.4 Å². The average Bonchev–Trinajstić information content (AvgIpc) is 2.83. The lowest BCUT2D eigenvalue weighted by molar-refractivity contribution is 0.488. The van der Waals surface area contributed by atoms with E-state index in [4.69, 9.17) is 16.3 Å². The number of para-hydroxylation sites is 2. The van der Waals surface area contributed by atoms with Gasteiger partial charge in [-0.2, -0.15) is 0 Å². The number of rotatable bonds is 1. The topological polar surface area (TPSA) is 9.23 Å². The van der Waals surface area contributed by atoms with Crippen LogP contribution in [0.5, 0.6) is 11.5 Å². The van der Waals surface area contributed by atoms with Gasteiger partial charge in [0.1, 0.15) is 11.5 Å². The molecule has 0 amide bonds. The van der Waals surface area contributed by atoms with E-state index in [1.54, 1.807) is 0 Å². The lowest BCUT2D eigenvalue weighted by Crippen LogP contribution is -1.86. The summed E-state index contributed by atoms with van der Waals surface area (Å²) >= 11 is 6.04. The van der Waals surface area contributed by atoms with Crippen molar-refractivity contribution < 1.29 is 4.74 Å². The summed E-state index contributed by atoms with van der Waals surface area (Å²) in [6.45, 7) is 0. The van der Waals surface area contributed by atoms with Crippen LogP contribution in [0.25, 0.3) is 33.4 Å². The summed E-state index contributed by atoms with van der Waals surface area (Å²) in [5.41, 5.74) is 6.89. The Labute approximate surface area is 157 Å². The Morgan fingerprint density at radius 2 is 1.08 bits per heavy atom. The number of ether oxygens (including phenoxy) is 1. The van der Waals surface area contributed by atoms with Crippen LogP contribution in [-0.4, -0.2) is 0 Å². The van der Waals surface area contributed by atoms with Crippen molar-refractivity contribution in [1.82, 2.24) is 0 Å². The summed E-state index contributed by atoms with van der Waals surface area (Å²) in [4.78, 5) is 0. The summed E-state index contributed by atoms with van der Waals surface area (Å²) in [7, 11) is 0. The van der Waals surface area contributed by atoms with Crippen molar-refractivity contribution in [3.63, 3.8) is 0 Å². The molecule has 0 saturated carbocycles. The first-order chi connectivity index (χ1) is 12.8. The van der Waals surface area contributed by atoms with E-state index in [-0.39, 0.29) is 0 Å². The minimum Gasteiger partial charge on any atom is -0.456 e. The van der Waals surface area contributed by atoms with E-state index in [1.165, 1.54) is 11.1 Å². The van der Waals surface area contributed by atoms with E-state index in [0.717, 1.165) is 38.8 Å². The van der Waals surface area contributed by atoms with E-state index in [0.29, 0.717) is 0 Å². The fourth-order valence-corrected chi connectivity index (χ4v) is 3.62. The summed E-state index contributed by atoms with van der Waals surface area (Å²) in [5, 5.41) is 0.746. The molecule has 0 unspecified atom stereocenters. The van der Waals surface area contributed by atoms with Gasteiger partial charge in [0.25, 0.3) is 0 Å². The van der Waals surface area contributed by atoms with Gasteiger partial charge in [-0.1, -0.05) is 72.3 Å². The zero-order valence-corrected chi connectivity index (χ0v) is 14.7. The Morgan fingerprint density at radius 3 is 1.77 bits per heavy atom. The predicted octanol–water partition coefficient (Wildman–Crippen LogP) is 7.45. The highest BCUT2D eigenvalue weighted by Gasteiger charge is 2.20. The van der Waals surface area contributed by atoms with Crippen LogP contribution in [0.4, 0.5) is 0 Å². The first-order valence-corrected chi connectivity index (χ1v) is 8.94. The maximum atomic E-state index is 6.23. The highest BCUT2D eigenvalue weighted by atomic mass is 35.5. The molecular formula is C24H15ClO. The third kappa shape index (κ3) is 2.49. The van der Waals surface area contributed by atoms with Crippen LogP contribution in [0.3, 0.4) is 0 Å². The summed E-state index contributed by atoms with van der Waals surface area (Å²) in [5.74, 6) is 1.77. The number of hydrogen-bond donors (Lipinski definition) is 0. The molecule has 1 nitrogen and oxygen atoms in total. The maximum absolute atomic E-state index is 6.23. The van der Waals surface area contributed by atoms with Gasteiger partial charge >= 0.3 is 0 Å². The molecule has 0 bridgehead atoms. The number of fused-ring (bicyclic) bond motifs is 5. The molecule has 1 heterocycles. The quantitative estimate of drug-likeness (QED) is 0.304. The van der Waals surface area contributed by atoms with Crippen molar-refractivity contribution >= 4 is 11.6 Å². The van der Waals surface area contributed by atoms with Crippen LogP contribution in [0, 0.1) is 0 Å². The van der Waals surface area contributed by atoms with E-state index in [9.17, 15) is 0 Å². The number of benzene rings is 4. The van der Waals surface area contributed by atoms with Gasteiger partial charge in [0.15, 0.2) is 0 Å². The Morgan fingerprint density at radius 1 is 0.500 bits per heavy atom. The predicted molar refractivity (Wildman–Crippen MR) is 108 cm³/mol. The Bertz CT molecular complexity index is 1110. The van der Waals surface area contributed by atoms with Crippen LogP contribution in [0.2, 0.25) is 5.02 Å². The number of halogens is 1. The SMILES string of the molecule is Clc1ccc(-c2ccc3c(c2)-c2ccccc2Oc2ccccc2-3)cc1. The van der Waals surface area contributed by atoms with Crippen LogP contribution >= 0.6 is 11.6 Å². The van der Waals surface area contributed by atoms with Gasteiger partial charge in [-0.3, -0.25) is 0 Å². The normalized spacial score (nSPS) is 11.6. The maximum Gasteiger partial charge on any atom is 0.135 e. The molecule has 4 aromatic rings. The molecule has 0 atom stereocenters. The highest BCUT2D eigenvalue weighted by molar-refractivity contribution is 6.30. The number of hydrogen-bond acceptors (Lipinski definition) is 1.